The molecule has 0 unspecified atom stereocenters. The SMILES string of the molecule is C[Si](C)(C)CCCNC(=O)N[C@@H]1CCCOC1. The number of amides is 2. The summed E-state index contributed by atoms with van der Waals surface area (Å²) in [5.41, 5.74) is 0. The van der Waals surface area contributed by atoms with Gasteiger partial charge in [-0.3, -0.25) is 0 Å². The minimum absolute atomic E-state index is 0.0453. The molecule has 4 nitrogen and oxygen atoms in total. The van der Waals surface area contributed by atoms with Crippen LogP contribution in [0.1, 0.15) is 19.3 Å². The summed E-state index contributed by atoms with van der Waals surface area (Å²) in [5, 5.41) is 5.87. The van der Waals surface area contributed by atoms with Crippen LogP contribution in [-0.2, 0) is 4.74 Å². The van der Waals surface area contributed by atoms with Crippen molar-refractivity contribution < 1.29 is 9.53 Å². The number of ether oxygens (including phenoxy) is 1. The summed E-state index contributed by atoms with van der Waals surface area (Å²) in [6.45, 7) is 9.33. The molecule has 0 radical (unpaired) electrons. The van der Waals surface area contributed by atoms with Crippen molar-refractivity contribution in [1.82, 2.24) is 10.6 Å². The third-order valence-electron chi connectivity index (χ3n) is 2.88. The van der Waals surface area contributed by atoms with Crippen LogP contribution in [0.25, 0.3) is 0 Å². The van der Waals surface area contributed by atoms with Crippen molar-refractivity contribution in [1.29, 1.82) is 0 Å². The number of rotatable bonds is 5. The zero-order valence-corrected chi connectivity index (χ0v) is 12.3. The van der Waals surface area contributed by atoms with Crippen molar-refractivity contribution >= 4 is 14.1 Å². The highest BCUT2D eigenvalue weighted by atomic mass is 28.3. The molecule has 1 atom stereocenters. The number of carbonyl (C=O) groups excluding carboxylic acids is 1. The Kier molecular flexibility index (Phi) is 5.98. The second-order valence-electron chi connectivity index (χ2n) is 5.98. The molecule has 5 heteroatoms. The number of carbonyl (C=O) groups is 1. The van der Waals surface area contributed by atoms with Crippen LogP contribution in [0.2, 0.25) is 25.7 Å². The van der Waals surface area contributed by atoms with Gasteiger partial charge in [0.25, 0.3) is 0 Å². The first-order chi connectivity index (χ1) is 7.97. The molecule has 100 valence electrons. The number of urea groups is 1. The zero-order valence-electron chi connectivity index (χ0n) is 11.3. The lowest BCUT2D eigenvalue weighted by Gasteiger charge is -2.23. The van der Waals surface area contributed by atoms with Crippen molar-refractivity contribution in [3.05, 3.63) is 0 Å². The molecule has 1 aliphatic heterocycles. The van der Waals surface area contributed by atoms with E-state index in [1.165, 1.54) is 6.04 Å². The van der Waals surface area contributed by atoms with Crippen LogP contribution < -0.4 is 10.6 Å². The highest BCUT2D eigenvalue weighted by Crippen LogP contribution is 2.10. The van der Waals surface area contributed by atoms with E-state index < -0.39 is 8.07 Å². The van der Waals surface area contributed by atoms with E-state index >= 15 is 0 Å². The van der Waals surface area contributed by atoms with Crippen LogP contribution >= 0.6 is 0 Å². The Bertz CT molecular complexity index is 235. The third kappa shape index (κ3) is 7.39. The lowest BCUT2D eigenvalue weighted by molar-refractivity contribution is 0.0732. The van der Waals surface area contributed by atoms with E-state index in [4.69, 9.17) is 4.74 Å². The van der Waals surface area contributed by atoms with E-state index in [0.717, 1.165) is 32.4 Å². The van der Waals surface area contributed by atoms with Gasteiger partial charge < -0.3 is 15.4 Å². The first-order valence-corrected chi connectivity index (χ1v) is 10.3. The Labute approximate surface area is 106 Å². The minimum Gasteiger partial charge on any atom is -0.379 e. The van der Waals surface area contributed by atoms with E-state index in [9.17, 15) is 4.79 Å². The first kappa shape index (κ1) is 14.5. The van der Waals surface area contributed by atoms with Gasteiger partial charge >= 0.3 is 6.03 Å². The first-order valence-electron chi connectivity index (χ1n) is 6.59. The Morgan fingerprint density at radius 2 is 2.18 bits per heavy atom. The van der Waals surface area contributed by atoms with E-state index in [1.54, 1.807) is 0 Å². The molecule has 1 aliphatic rings. The maximum absolute atomic E-state index is 11.6. The standard InChI is InChI=1S/C12H26N2O2Si/c1-17(2,3)9-5-7-13-12(15)14-11-6-4-8-16-10-11/h11H,4-10H2,1-3H3,(H2,13,14,15)/t11-/m1/s1. The summed E-state index contributed by atoms with van der Waals surface area (Å²) in [6.07, 6.45) is 3.16. The van der Waals surface area contributed by atoms with Crippen molar-refractivity contribution in [2.24, 2.45) is 0 Å². The molecule has 1 saturated heterocycles. The maximum atomic E-state index is 11.6. The van der Waals surface area contributed by atoms with Crippen LogP contribution in [0.5, 0.6) is 0 Å². The normalized spacial score (nSPS) is 21.0. The van der Waals surface area contributed by atoms with Crippen LogP contribution in [-0.4, -0.2) is 39.9 Å². The lowest BCUT2D eigenvalue weighted by atomic mass is 10.1. The van der Waals surface area contributed by atoms with Gasteiger partial charge in [-0.1, -0.05) is 25.7 Å². The highest BCUT2D eigenvalue weighted by Gasteiger charge is 2.16. The molecule has 0 bridgehead atoms. The van der Waals surface area contributed by atoms with Gasteiger partial charge in [0.1, 0.15) is 0 Å². The number of nitrogens with one attached hydrogen (secondary N) is 2. The third-order valence-corrected chi connectivity index (χ3v) is 4.74. The predicted molar refractivity (Wildman–Crippen MR) is 73.1 cm³/mol. The molecule has 0 aromatic rings. The van der Waals surface area contributed by atoms with Gasteiger partial charge in [0, 0.05) is 21.2 Å². The molecular weight excluding hydrogens is 232 g/mol. The second kappa shape index (κ2) is 7.01. The molecule has 0 aromatic carbocycles. The molecule has 2 N–H and O–H groups in total. The van der Waals surface area contributed by atoms with Gasteiger partial charge in [-0.2, -0.15) is 0 Å². The maximum Gasteiger partial charge on any atom is 0.315 e. The Hall–Kier alpha value is -0.553. The number of hydrogen-bond acceptors (Lipinski definition) is 2. The molecule has 0 aromatic heterocycles. The summed E-state index contributed by atoms with van der Waals surface area (Å²) >= 11 is 0. The Morgan fingerprint density at radius 3 is 2.76 bits per heavy atom. The Morgan fingerprint density at radius 1 is 1.41 bits per heavy atom. The topological polar surface area (TPSA) is 50.4 Å². The fourth-order valence-electron chi connectivity index (χ4n) is 1.91. The monoisotopic (exact) mass is 258 g/mol. The molecule has 1 fully saturated rings. The van der Waals surface area contributed by atoms with Crippen molar-refractivity contribution in [3.63, 3.8) is 0 Å². The summed E-state index contributed by atoms with van der Waals surface area (Å²) in [7, 11) is -0.963. The Balaban J connectivity index is 2.04. The van der Waals surface area contributed by atoms with Crippen LogP contribution in [0, 0.1) is 0 Å². The molecule has 0 spiro atoms. The van der Waals surface area contributed by atoms with Crippen LogP contribution in [0.15, 0.2) is 0 Å². The van der Waals surface area contributed by atoms with Crippen molar-refractivity contribution in [2.75, 3.05) is 19.8 Å². The second-order valence-corrected chi connectivity index (χ2v) is 11.6. The summed E-state index contributed by atoms with van der Waals surface area (Å²) < 4.78 is 5.32. The molecule has 0 saturated carbocycles. The lowest BCUT2D eigenvalue weighted by Crippen LogP contribution is -2.46. The van der Waals surface area contributed by atoms with E-state index in [2.05, 4.69) is 30.3 Å². The molecule has 2 amide bonds. The highest BCUT2D eigenvalue weighted by molar-refractivity contribution is 6.76. The van der Waals surface area contributed by atoms with Gasteiger partial charge in [-0.05, 0) is 19.3 Å². The van der Waals surface area contributed by atoms with E-state index in [-0.39, 0.29) is 12.1 Å². The average molecular weight is 258 g/mol. The smallest absolute Gasteiger partial charge is 0.315 e. The minimum atomic E-state index is -0.963. The quantitative estimate of drug-likeness (QED) is 0.587. The predicted octanol–water partition coefficient (Wildman–Crippen LogP) is 2.19. The molecule has 0 aliphatic carbocycles. The molecular formula is C12H26N2O2Si. The van der Waals surface area contributed by atoms with Gasteiger partial charge in [-0.25, -0.2) is 4.79 Å². The largest absolute Gasteiger partial charge is 0.379 e. The van der Waals surface area contributed by atoms with Gasteiger partial charge in [0.2, 0.25) is 0 Å². The van der Waals surface area contributed by atoms with Gasteiger partial charge in [0.05, 0.1) is 12.6 Å². The van der Waals surface area contributed by atoms with E-state index in [0.29, 0.717) is 6.61 Å². The zero-order chi connectivity index (χ0) is 12.7. The molecule has 1 heterocycles. The summed E-state index contributed by atoms with van der Waals surface area (Å²) in [5.74, 6) is 0. The fourth-order valence-corrected chi connectivity index (χ4v) is 3.15. The molecule has 17 heavy (non-hydrogen) atoms. The van der Waals surface area contributed by atoms with Crippen LogP contribution in [0.4, 0.5) is 4.79 Å². The molecule has 1 rings (SSSR count). The van der Waals surface area contributed by atoms with Gasteiger partial charge in [0.15, 0.2) is 0 Å². The number of hydrogen-bond donors (Lipinski definition) is 2. The van der Waals surface area contributed by atoms with Crippen molar-refractivity contribution in [3.8, 4) is 0 Å². The van der Waals surface area contributed by atoms with E-state index in [1.807, 2.05) is 0 Å². The van der Waals surface area contributed by atoms with Crippen molar-refractivity contribution in [2.45, 2.75) is 51.0 Å². The van der Waals surface area contributed by atoms with Crippen LogP contribution in [0.3, 0.4) is 0 Å². The fraction of sp³-hybridized carbons (Fsp3) is 0.917. The average Bonchev–Trinajstić information content (AvgIpc) is 2.25. The summed E-state index contributed by atoms with van der Waals surface area (Å²) in [4.78, 5) is 11.6. The summed E-state index contributed by atoms with van der Waals surface area (Å²) in [6, 6.07) is 1.41. The van der Waals surface area contributed by atoms with Gasteiger partial charge in [-0.15, -0.1) is 0 Å².